The molecule has 0 aliphatic carbocycles. The molecule has 0 bridgehead atoms. The van der Waals surface area contributed by atoms with Gasteiger partial charge in [-0.2, -0.15) is 0 Å². The first-order valence-electron chi connectivity index (χ1n) is 11.4. The molecular formula is C27H23ClF3N3O. The lowest BCUT2D eigenvalue weighted by Crippen LogP contribution is -2.48. The number of hydrogen-bond acceptors (Lipinski definition) is 3. The maximum absolute atomic E-state index is 13.5. The zero-order valence-corrected chi connectivity index (χ0v) is 19.6. The molecule has 0 N–H and O–H groups in total. The summed E-state index contributed by atoms with van der Waals surface area (Å²) < 4.78 is 40.2. The van der Waals surface area contributed by atoms with Crippen LogP contribution in [0.25, 0.3) is 0 Å². The first-order valence-corrected chi connectivity index (χ1v) is 11.8. The van der Waals surface area contributed by atoms with E-state index in [-0.39, 0.29) is 12.5 Å². The number of amides is 1. The number of rotatable bonds is 4. The fourth-order valence-electron chi connectivity index (χ4n) is 4.57. The highest BCUT2D eigenvalue weighted by atomic mass is 35.5. The second-order valence-electron chi connectivity index (χ2n) is 8.69. The van der Waals surface area contributed by atoms with Crippen molar-refractivity contribution >= 4 is 28.9 Å². The van der Waals surface area contributed by atoms with E-state index < -0.39 is 17.5 Å². The van der Waals surface area contributed by atoms with E-state index >= 15 is 0 Å². The van der Waals surface area contributed by atoms with Crippen molar-refractivity contribution in [2.24, 2.45) is 0 Å². The van der Waals surface area contributed by atoms with Gasteiger partial charge in [-0.1, -0.05) is 35.9 Å². The number of anilines is 2. The highest BCUT2D eigenvalue weighted by Gasteiger charge is 2.25. The van der Waals surface area contributed by atoms with Crippen molar-refractivity contribution in [2.45, 2.75) is 13.0 Å². The molecule has 0 spiro atoms. The number of fused-ring (bicyclic) bond motifs is 1. The van der Waals surface area contributed by atoms with E-state index in [0.717, 1.165) is 29.9 Å². The third kappa shape index (κ3) is 4.79. The van der Waals surface area contributed by atoms with E-state index in [0.29, 0.717) is 42.3 Å². The van der Waals surface area contributed by atoms with Gasteiger partial charge in [-0.05, 0) is 53.9 Å². The lowest BCUT2D eigenvalue weighted by atomic mass is 10.0. The van der Waals surface area contributed by atoms with Crippen molar-refractivity contribution in [3.63, 3.8) is 0 Å². The van der Waals surface area contributed by atoms with Crippen LogP contribution >= 0.6 is 11.6 Å². The van der Waals surface area contributed by atoms with Gasteiger partial charge in [0.1, 0.15) is 0 Å². The SMILES string of the molecule is O=C(c1ccc(N2C=CCc3ccccc32)cc1Cl)N1CCN(Cc2cc(F)c(F)c(F)c2)CC1. The van der Waals surface area contributed by atoms with Crippen LogP contribution in [0.15, 0.2) is 66.9 Å². The second-order valence-corrected chi connectivity index (χ2v) is 9.10. The Morgan fingerprint density at radius 1 is 0.914 bits per heavy atom. The highest BCUT2D eigenvalue weighted by molar-refractivity contribution is 6.34. The Bertz CT molecular complexity index is 1280. The van der Waals surface area contributed by atoms with Crippen LogP contribution in [0, 0.1) is 17.5 Å². The summed E-state index contributed by atoms with van der Waals surface area (Å²) in [7, 11) is 0. The van der Waals surface area contributed by atoms with Crippen LogP contribution in [0.3, 0.4) is 0 Å². The lowest BCUT2D eigenvalue weighted by Gasteiger charge is -2.35. The van der Waals surface area contributed by atoms with Crippen molar-refractivity contribution in [1.29, 1.82) is 0 Å². The quantitative estimate of drug-likeness (QED) is 0.418. The van der Waals surface area contributed by atoms with Crippen LogP contribution in [-0.4, -0.2) is 41.9 Å². The monoisotopic (exact) mass is 497 g/mol. The van der Waals surface area contributed by atoms with Gasteiger partial charge in [-0.3, -0.25) is 9.69 Å². The molecule has 1 amide bonds. The molecule has 35 heavy (non-hydrogen) atoms. The van der Waals surface area contributed by atoms with Gasteiger partial charge in [-0.15, -0.1) is 0 Å². The summed E-state index contributed by atoms with van der Waals surface area (Å²) in [6, 6.07) is 15.6. The highest BCUT2D eigenvalue weighted by Crippen LogP contribution is 2.35. The molecule has 2 aliphatic rings. The Hall–Kier alpha value is -3.29. The van der Waals surface area contributed by atoms with E-state index in [1.54, 1.807) is 17.0 Å². The molecule has 1 saturated heterocycles. The smallest absolute Gasteiger partial charge is 0.255 e. The minimum Gasteiger partial charge on any atom is -0.336 e. The number of hydrogen-bond donors (Lipinski definition) is 0. The van der Waals surface area contributed by atoms with E-state index in [9.17, 15) is 18.0 Å². The zero-order valence-electron chi connectivity index (χ0n) is 18.9. The topological polar surface area (TPSA) is 26.8 Å². The Morgan fingerprint density at radius 2 is 1.63 bits per heavy atom. The Morgan fingerprint density at radius 3 is 2.34 bits per heavy atom. The molecular weight excluding hydrogens is 475 g/mol. The number of carbonyl (C=O) groups is 1. The fourth-order valence-corrected chi connectivity index (χ4v) is 4.83. The zero-order chi connectivity index (χ0) is 24.5. The van der Waals surface area contributed by atoms with Gasteiger partial charge in [0.15, 0.2) is 17.5 Å². The molecule has 0 unspecified atom stereocenters. The number of halogens is 4. The molecule has 4 nitrogen and oxygen atoms in total. The Balaban J connectivity index is 1.24. The average molecular weight is 498 g/mol. The van der Waals surface area contributed by atoms with Gasteiger partial charge in [0.25, 0.3) is 5.91 Å². The van der Waals surface area contributed by atoms with Crippen LogP contribution in [0.1, 0.15) is 21.5 Å². The summed E-state index contributed by atoms with van der Waals surface area (Å²) in [6.45, 7) is 2.22. The molecule has 0 saturated carbocycles. The molecule has 5 rings (SSSR count). The normalized spacial score (nSPS) is 15.9. The van der Waals surface area contributed by atoms with Crippen molar-refractivity contribution in [1.82, 2.24) is 9.80 Å². The Labute approximate surface area is 206 Å². The minimum absolute atomic E-state index is 0.158. The van der Waals surface area contributed by atoms with Crippen molar-refractivity contribution in [3.05, 3.63) is 106 Å². The summed E-state index contributed by atoms with van der Waals surface area (Å²) in [5, 5.41) is 0.378. The first-order chi connectivity index (χ1) is 16.9. The predicted molar refractivity (Wildman–Crippen MR) is 130 cm³/mol. The summed E-state index contributed by atoms with van der Waals surface area (Å²) >= 11 is 6.56. The number of carbonyl (C=O) groups excluding carboxylic acids is 1. The number of para-hydroxylation sites is 1. The number of piperazine rings is 1. The summed E-state index contributed by atoms with van der Waals surface area (Å²) in [5.74, 6) is -4.02. The van der Waals surface area contributed by atoms with E-state index in [2.05, 4.69) is 23.1 Å². The molecule has 3 aromatic rings. The number of benzene rings is 3. The maximum atomic E-state index is 13.5. The molecule has 2 aliphatic heterocycles. The van der Waals surface area contributed by atoms with Crippen LogP contribution in [0.5, 0.6) is 0 Å². The van der Waals surface area contributed by atoms with Gasteiger partial charge < -0.3 is 9.80 Å². The van der Waals surface area contributed by atoms with Crippen molar-refractivity contribution in [2.75, 3.05) is 31.1 Å². The first kappa shape index (κ1) is 23.5. The van der Waals surface area contributed by atoms with Crippen LogP contribution in [0.2, 0.25) is 5.02 Å². The number of nitrogens with zero attached hydrogens (tertiary/aromatic N) is 3. The molecule has 1 fully saturated rings. The second kappa shape index (κ2) is 9.76. The van der Waals surface area contributed by atoms with Gasteiger partial charge in [-0.25, -0.2) is 13.2 Å². The summed E-state index contributed by atoms with van der Waals surface area (Å²) in [4.78, 5) is 18.9. The van der Waals surface area contributed by atoms with Crippen molar-refractivity contribution < 1.29 is 18.0 Å². The van der Waals surface area contributed by atoms with Gasteiger partial charge in [0, 0.05) is 50.3 Å². The molecule has 180 valence electrons. The molecule has 0 aromatic heterocycles. The van der Waals surface area contributed by atoms with Crippen molar-refractivity contribution in [3.8, 4) is 0 Å². The Kier molecular flexibility index (Phi) is 6.54. The van der Waals surface area contributed by atoms with Gasteiger partial charge >= 0.3 is 0 Å². The van der Waals surface area contributed by atoms with E-state index in [4.69, 9.17) is 11.6 Å². The third-order valence-corrected chi connectivity index (χ3v) is 6.73. The van der Waals surface area contributed by atoms with E-state index in [1.165, 1.54) is 5.56 Å². The summed E-state index contributed by atoms with van der Waals surface area (Å²) in [6.07, 6.45) is 4.96. The third-order valence-electron chi connectivity index (χ3n) is 6.41. The summed E-state index contributed by atoms with van der Waals surface area (Å²) in [5.41, 5.74) is 3.96. The predicted octanol–water partition coefficient (Wildman–Crippen LogP) is 5.92. The molecule has 2 heterocycles. The average Bonchev–Trinajstić information content (AvgIpc) is 2.87. The molecule has 8 heteroatoms. The maximum Gasteiger partial charge on any atom is 0.255 e. The van der Waals surface area contributed by atoms with Gasteiger partial charge in [0.2, 0.25) is 0 Å². The van der Waals surface area contributed by atoms with Crippen LogP contribution < -0.4 is 4.90 Å². The largest absolute Gasteiger partial charge is 0.336 e. The standard InChI is InChI=1S/C27H23ClF3N3O/c28-22-16-20(34-9-3-5-19-4-1-2-6-25(19)34)7-8-21(22)27(35)33-12-10-32(11-13-33)17-18-14-23(29)26(31)24(30)15-18/h1-4,6-9,14-16H,5,10-13,17H2. The minimum atomic E-state index is -1.47. The van der Waals surface area contributed by atoms with Crippen LogP contribution in [0.4, 0.5) is 24.5 Å². The molecule has 0 atom stereocenters. The lowest BCUT2D eigenvalue weighted by molar-refractivity contribution is 0.0628. The number of allylic oxidation sites excluding steroid dienone is 1. The van der Waals surface area contributed by atoms with Gasteiger partial charge in [0.05, 0.1) is 10.6 Å². The van der Waals surface area contributed by atoms with Crippen LogP contribution in [-0.2, 0) is 13.0 Å². The molecule has 3 aromatic carbocycles. The molecule has 0 radical (unpaired) electrons. The fraction of sp³-hybridized carbons (Fsp3) is 0.222. The van der Waals surface area contributed by atoms with E-state index in [1.807, 2.05) is 29.3 Å².